The first-order chi connectivity index (χ1) is 15.6. The number of methoxy groups -OCH3 is 1. The number of anilines is 1. The number of amides is 1. The van der Waals surface area contributed by atoms with Crippen LogP contribution in [0.3, 0.4) is 0 Å². The zero-order chi connectivity index (χ0) is 22.5. The average molecular weight is 433 g/mol. The molecule has 2 aromatic heterocycles. The van der Waals surface area contributed by atoms with Crippen LogP contribution in [0.5, 0.6) is 0 Å². The summed E-state index contributed by atoms with van der Waals surface area (Å²) in [7, 11) is 1.57. The molecule has 4 aromatic rings. The summed E-state index contributed by atoms with van der Waals surface area (Å²) in [6, 6.07) is 12.2. The van der Waals surface area contributed by atoms with E-state index in [4.69, 9.17) is 4.74 Å². The smallest absolute Gasteiger partial charge is 0.261 e. The Morgan fingerprint density at radius 3 is 2.41 bits per heavy atom. The maximum absolute atomic E-state index is 12.6. The number of hydrogen-bond donors (Lipinski definition) is 1. The van der Waals surface area contributed by atoms with Crippen molar-refractivity contribution in [1.82, 2.24) is 19.1 Å². The lowest BCUT2D eigenvalue weighted by molar-refractivity contribution is -0.116. The molecule has 1 amide bonds. The number of carbonyl (C=O) groups excluding carboxylic acids is 1. The summed E-state index contributed by atoms with van der Waals surface area (Å²) in [4.78, 5) is 46.1. The lowest BCUT2D eigenvalue weighted by atomic mass is 10.2. The van der Waals surface area contributed by atoms with E-state index in [9.17, 15) is 14.4 Å². The topological polar surface area (TPSA) is 108 Å². The molecule has 0 atom stereocenters. The van der Waals surface area contributed by atoms with Gasteiger partial charge in [-0.25, -0.2) is 9.97 Å². The molecule has 32 heavy (non-hydrogen) atoms. The molecule has 2 heterocycles. The number of fused-ring (bicyclic) bond motifs is 2. The van der Waals surface area contributed by atoms with E-state index in [1.165, 1.54) is 21.8 Å². The molecule has 0 spiro atoms. The molecule has 9 nitrogen and oxygen atoms in total. The Kier molecular flexibility index (Phi) is 6.37. The molecule has 164 valence electrons. The first-order valence-corrected chi connectivity index (χ1v) is 10.3. The van der Waals surface area contributed by atoms with E-state index < -0.39 is 0 Å². The van der Waals surface area contributed by atoms with Crippen LogP contribution >= 0.6 is 0 Å². The van der Waals surface area contributed by atoms with Gasteiger partial charge in [0, 0.05) is 25.8 Å². The van der Waals surface area contributed by atoms with Crippen molar-refractivity contribution >= 4 is 33.4 Å². The van der Waals surface area contributed by atoms with Crippen molar-refractivity contribution in [1.29, 1.82) is 0 Å². The second-order valence-electron chi connectivity index (χ2n) is 7.38. The molecule has 0 bridgehead atoms. The van der Waals surface area contributed by atoms with Crippen LogP contribution in [0.25, 0.3) is 21.8 Å². The first kappa shape index (κ1) is 21.4. The third-order valence-corrected chi connectivity index (χ3v) is 5.18. The van der Waals surface area contributed by atoms with E-state index in [0.717, 1.165) is 0 Å². The number of para-hydroxylation sites is 1. The maximum Gasteiger partial charge on any atom is 0.261 e. The summed E-state index contributed by atoms with van der Waals surface area (Å²) in [6.45, 7) is 1.19. The van der Waals surface area contributed by atoms with Gasteiger partial charge in [0.05, 0.1) is 47.6 Å². The zero-order valence-corrected chi connectivity index (χ0v) is 17.7. The van der Waals surface area contributed by atoms with Crippen molar-refractivity contribution in [2.75, 3.05) is 19.0 Å². The van der Waals surface area contributed by atoms with Gasteiger partial charge in [0.2, 0.25) is 5.91 Å². The molecule has 9 heteroatoms. The van der Waals surface area contributed by atoms with E-state index in [1.807, 2.05) is 6.07 Å². The number of hydrogen-bond acceptors (Lipinski definition) is 6. The van der Waals surface area contributed by atoms with Gasteiger partial charge in [-0.2, -0.15) is 0 Å². The van der Waals surface area contributed by atoms with Crippen LogP contribution in [0.2, 0.25) is 0 Å². The van der Waals surface area contributed by atoms with Crippen molar-refractivity contribution in [2.45, 2.75) is 25.9 Å². The maximum atomic E-state index is 12.6. The van der Waals surface area contributed by atoms with Gasteiger partial charge >= 0.3 is 0 Å². The molecule has 1 N–H and O–H groups in total. The Hall–Kier alpha value is -3.85. The summed E-state index contributed by atoms with van der Waals surface area (Å²) in [5.41, 5.74) is 1.42. The standard InChI is InChI=1S/C23H23N5O4/c1-32-12-11-28-15-25-20-9-8-16(13-18(20)23(28)31)26-21(29)7-4-10-27-14-24-19-6-3-2-5-17(19)22(27)30/h2-3,5-6,8-9,13-15H,4,7,10-12H2,1H3,(H,26,29). The van der Waals surface area contributed by atoms with Crippen LogP contribution in [0, 0.1) is 0 Å². The molecular weight excluding hydrogens is 410 g/mol. The van der Waals surface area contributed by atoms with Crippen LogP contribution in [0.15, 0.2) is 64.7 Å². The molecule has 0 fully saturated rings. The van der Waals surface area contributed by atoms with Crippen molar-refractivity contribution in [2.24, 2.45) is 0 Å². The number of carbonyl (C=O) groups is 1. The first-order valence-electron chi connectivity index (χ1n) is 10.3. The molecule has 4 rings (SSSR count). The van der Waals surface area contributed by atoms with E-state index >= 15 is 0 Å². The SMILES string of the molecule is COCCn1cnc2ccc(NC(=O)CCCn3cnc4ccccc4c3=O)cc2c1=O. The van der Waals surface area contributed by atoms with Crippen LogP contribution < -0.4 is 16.4 Å². The zero-order valence-electron chi connectivity index (χ0n) is 17.7. The highest BCUT2D eigenvalue weighted by atomic mass is 16.5. The lowest BCUT2D eigenvalue weighted by Crippen LogP contribution is -2.23. The highest BCUT2D eigenvalue weighted by Gasteiger charge is 2.09. The summed E-state index contributed by atoms with van der Waals surface area (Å²) < 4.78 is 8.01. The number of aryl methyl sites for hydroxylation is 1. The monoisotopic (exact) mass is 433 g/mol. The molecule has 0 radical (unpaired) electrons. The van der Waals surface area contributed by atoms with Crippen molar-refractivity contribution < 1.29 is 9.53 Å². The molecule has 2 aromatic carbocycles. The molecule has 0 aliphatic carbocycles. The Labute approximate surface area is 183 Å². The Morgan fingerprint density at radius 1 is 0.938 bits per heavy atom. The largest absolute Gasteiger partial charge is 0.383 e. The van der Waals surface area contributed by atoms with E-state index in [0.29, 0.717) is 53.6 Å². The summed E-state index contributed by atoms with van der Waals surface area (Å²) in [5, 5.41) is 3.79. The summed E-state index contributed by atoms with van der Waals surface area (Å²) in [6.07, 6.45) is 3.70. The second kappa shape index (κ2) is 9.52. The van der Waals surface area contributed by atoms with Gasteiger partial charge in [0.25, 0.3) is 11.1 Å². The second-order valence-corrected chi connectivity index (χ2v) is 7.38. The molecular formula is C23H23N5O4. The number of aromatic nitrogens is 4. The predicted molar refractivity (Wildman–Crippen MR) is 122 cm³/mol. The molecule has 0 unspecified atom stereocenters. The van der Waals surface area contributed by atoms with Gasteiger partial charge < -0.3 is 10.1 Å². The van der Waals surface area contributed by atoms with E-state index in [1.54, 1.807) is 43.5 Å². The molecule has 0 saturated carbocycles. The summed E-state index contributed by atoms with van der Waals surface area (Å²) in [5.74, 6) is -0.199. The predicted octanol–water partition coefficient (Wildman–Crippen LogP) is 2.17. The third kappa shape index (κ3) is 4.57. The van der Waals surface area contributed by atoms with Gasteiger partial charge in [-0.05, 0) is 36.8 Å². The number of rotatable bonds is 8. The highest BCUT2D eigenvalue weighted by molar-refractivity contribution is 5.93. The number of ether oxygens (including phenoxy) is 1. The molecule has 0 saturated heterocycles. The fourth-order valence-corrected chi connectivity index (χ4v) is 3.48. The highest BCUT2D eigenvalue weighted by Crippen LogP contribution is 2.15. The number of nitrogens with zero attached hydrogens (tertiary/aromatic N) is 4. The van der Waals surface area contributed by atoms with Crippen LogP contribution in [-0.4, -0.2) is 38.7 Å². The Bertz CT molecular complexity index is 1390. The van der Waals surface area contributed by atoms with Crippen LogP contribution in [0.1, 0.15) is 12.8 Å². The van der Waals surface area contributed by atoms with E-state index in [-0.39, 0.29) is 23.4 Å². The minimum atomic E-state index is -0.199. The third-order valence-electron chi connectivity index (χ3n) is 5.18. The van der Waals surface area contributed by atoms with Gasteiger partial charge in [-0.1, -0.05) is 12.1 Å². The van der Waals surface area contributed by atoms with Crippen molar-refractivity contribution in [3.8, 4) is 0 Å². The van der Waals surface area contributed by atoms with Crippen molar-refractivity contribution in [3.05, 3.63) is 75.8 Å². The summed E-state index contributed by atoms with van der Waals surface area (Å²) >= 11 is 0. The fraction of sp³-hybridized carbons (Fsp3) is 0.261. The van der Waals surface area contributed by atoms with Gasteiger partial charge in [-0.15, -0.1) is 0 Å². The minimum absolute atomic E-state index is 0.122. The average Bonchev–Trinajstić information content (AvgIpc) is 2.80. The molecule has 0 aliphatic heterocycles. The minimum Gasteiger partial charge on any atom is -0.383 e. The van der Waals surface area contributed by atoms with Crippen LogP contribution in [-0.2, 0) is 22.6 Å². The normalized spacial score (nSPS) is 11.2. The van der Waals surface area contributed by atoms with Gasteiger partial charge in [0.15, 0.2) is 0 Å². The fourth-order valence-electron chi connectivity index (χ4n) is 3.48. The lowest BCUT2D eigenvalue weighted by Gasteiger charge is -2.09. The van der Waals surface area contributed by atoms with Gasteiger partial charge in [0.1, 0.15) is 0 Å². The van der Waals surface area contributed by atoms with Gasteiger partial charge in [-0.3, -0.25) is 23.5 Å². The van der Waals surface area contributed by atoms with Crippen LogP contribution in [0.4, 0.5) is 5.69 Å². The quantitative estimate of drug-likeness (QED) is 0.456. The van der Waals surface area contributed by atoms with Crippen molar-refractivity contribution in [3.63, 3.8) is 0 Å². The molecule has 0 aliphatic rings. The Morgan fingerprint density at radius 2 is 1.62 bits per heavy atom. The number of benzene rings is 2. The number of nitrogens with one attached hydrogen (secondary N) is 1. The van der Waals surface area contributed by atoms with E-state index in [2.05, 4.69) is 15.3 Å². The Balaban J connectivity index is 1.40.